The Morgan fingerprint density at radius 2 is 1.80 bits per heavy atom. The van der Waals surface area contributed by atoms with Crippen molar-refractivity contribution in [1.29, 1.82) is 0 Å². The Bertz CT molecular complexity index is 709. The van der Waals surface area contributed by atoms with Crippen molar-refractivity contribution in [2.24, 2.45) is 22.2 Å². The van der Waals surface area contributed by atoms with E-state index in [1.54, 1.807) is 0 Å². The summed E-state index contributed by atoms with van der Waals surface area (Å²) in [5, 5.41) is 23.0. The zero-order valence-corrected chi connectivity index (χ0v) is 15.5. The van der Waals surface area contributed by atoms with Crippen molar-refractivity contribution in [3.8, 4) is 0 Å². The lowest BCUT2D eigenvalue weighted by Gasteiger charge is -2.59. The number of fused-ring (bicyclic) bond motifs is 1. The minimum absolute atomic E-state index is 0.199. The average molecular weight is 348 g/mol. The van der Waals surface area contributed by atoms with E-state index in [0.717, 1.165) is 19.3 Å². The summed E-state index contributed by atoms with van der Waals surface area (Å²) in [5.74, 6) is -4.08. The Kier molecular flexibility index (Phi) is 3.14. The first-order chi connectivity index (χ1) is 11.5. The maximum absolute atomic E-state index is 13.3. The quantitative estimate of drug-likeness (QED) is 0.711. The van der Waals surface area contributed by atoms with Crippen LogP contribution in [-0.4, -0.2) is 33.4 Å². The van der Waals surface area contributed by atoms with Crippen molar-refractivity contribution >= 4 is 11.8 Å². The topological polar surface area (TPSA) is 83.8 Å². The average Bonchev–Trinajstić information content (AvgIpc) is 2.77. The second-order valence-corrected chi connectivity index (χ2v) is 9.59. The van der Waals surface area contributed by atoms with Gasteiger partial charge in [0.05, 0.1) is 5.92 Å². The molecule has 5 nitrogen and oxygen atoms in total. The monoisotopic (exact) mass is 348 g/mol. The van der Waals surface area contributed by atoms with Gasteiger partial charge in [-0.2, -0.15) is 0 Å². The molecule has 0 spiro atoms. The summed E-state index contributed by atoms with van der Waals surface area (Å²) in [6.45, 7) is 8.02. The molecule has 1 saturated heterocycles. The number of Topliss-reactive ketones (excluding diaryl/α,β-unsaturated/α-hetero) is 1. The molecule has 2 saturated carbocycles. The Labute approximate surface area is 148 Å². The molecule has 2 bridgehead atoms. The fourth-order valence-corrected chi connectivity index (χ4v) is 6.27. The van der Waals surface area contributed by atoms with Crippen LogP contribution in [0.5, 0.6) is 0 Å². The number of carbonyl (C=O) groups is 2. The van der Waals surface area contributed by atoms with E-state index in [1.165, 1.54) is 0 Å². The lowest BCUT2D eigenvalue weighted by atomic mass is 9.42. The van der Waals surface area contributed by atoms with Crippen molar-refractivity contribution in [1.82, 2.24) is 0 Å². The predicted octanol–water partition coefficient (Wildman–Crippen LogP) is 2.49. The molecule has 1 aliphatic heterocycles. The van der Waals surface area contributed by atoms with Gasteiger partial charge in [0.1, 0.15) is 11.0 Å². The van der Waals surface area contributed by atoms with Gasteiger partial charge in [0, 0.05) is 5.57 Å². The lowest BCUT2D eigenvalue weighted by Crippen LogP contribution is -2.70. The number of carbonyl (C=O) groups excluding carboxylic acids is 2. The first kappa shape index (κ1) is 17.2. The van der Waals surface area contributed by atoms with Gasteiger partial charge in [0.2, 0.25) is 5.78 Å². The van der Waals surface area contributed by atoms with Gasteiger partial charge in [-0.1, -0.05) is 40.2 Å². The van der Waals surface area contributed by atoms with Crippen molar-refractivity contribution in [3.63, 3.8) is 0 Å². The van der Waals surface area contributed by atoms with Gasteiger partial charge in [-0.3, -0.25) is 9.59 Å². The maximum atomic E-state index is 13.3. The molecule has 3 aliphatic carbocycles. The molecule has 0 unspecified atom stereocenters. The minimum atomic E-state index is -2.15. The maximum Gasteiger partial charge on any atom is 0.318 e. The fraction of sp³-hybridized carbons (Fsp3) is 0.800. The van der Waals surface area contributed by atoms with Gasteiger partial charge in [-0.25, -0.2) is 0 Å². The van der Waals surface area contributed by atoms with E-state index in [-0.39, 0.29) is 11.0 Å². The van der Waals surface area contributed by atoms with Crippen LogP contribution >= 0.6 is 0 Å². The zero-order valence-electron chi connectivity index (χ0n) is 15.5. The SMILES string of the molecule is CC[C@]1(C)C=C2C(=O)[C@@]3(O)OC(=O)[C@@]4(CCCC(C)(C)[C@H]34)[C@@]2(O)CC1. The van der Waals surface area contributed by atoms with Crippen LogP contribution in [0.15, 0.2) is 11.6 Å². The van der Waals surface area contributed by atoms with Gasteiger partial charge in [-0.05, 0) is 42.9 Å². The first-order valence-corrected chi connectivity index (χ1v) is 9.43. The number of ketones is 1. The summed E-state index contributed by atoms with van der Waals surface area (Å²) in [5.41, 5.74) is -3.25. The second-order valence-electron chi connectivity index (χ2n) is 9.59. The summed E-state index contributed by atoms with van der Waals surface area (Å²) in [6.07, 6.45) is 5.70. The van der Waals surface area contributed by atoms with Crippen LogP contribution in [0.4, 0.5) is 0 Å². The molecule has 138 valence electrons. The van der Waals surface area contributed by atoms with Crippen LogP contribution in [0.1, 0.15) is 66.2 Å². The third-order valence-corrected chi connectivity index (χ3v) is 7.78. The van der Waals surface area contributed by atoms with Gasteiger partial charge < -0.3 is 14.9 Å². The van der Waals surface area contributed by atoms with Crippen LogP contribution in [-0.2, 0) is 14.3 Å². The highest BCUT2D eigenvalue weighted by Gasteiger charge is 2.83. The second kappa shape index (κ2) is 4.55. The van der Waals surface area contributed by atoms with E-state index in [9.17, 15) is 19.8 Å². The number of hydrogen-bond donors (Lipinski definition) is 2. The highest BCUT2D eigenvalue weighted by atomic mass is 16.7. The largest absolute Gasteiger partial charge is 0.424 e. The summed E-state index contributed by atoms with van der Waals surface area (Å²) < 4.78 is 5.38. The van der Waals surface area contributed by atoms with Gasteiger partial charge in [0.25, 0.3) is 5.79 Å². The van der Waals surface area contributed by atoms with Crippen LogP contribution in [0.25, 0.3) is 0 Å². The Morgan fingerprint density at radius 3 is 2.44 bits per heavy atom. The molecule has 1 heterocycles. The molecule has 2 N–H and O–H groups in total. The molecule has 0 aromatic rings. The van der Waals surface area contributed by atoms with Gasteiger partial charge in [-0.15, -0.1) is 0 Å². The van der Waals surface area contributed by atoms with Gasteiger partial charge >= 0.3 is 5.97 Å². The van der Waals surface area contributed by atoms with E-state index in [1.807, 2.05) is 26.8 Å². The Morgan fingerprint density at radius 1 is 1.12 bits per heavy atom. The van der Waals surface area contributed by atoms with Crippen molar-refractivity contribution < 1.29 is 24.5 Å². The molecule has 5 atom stereocenters. The smallest absolute Gasteiger partial charge is 0.318 e. The highest BCUT2D eigenvalue weighted by molar-refractivity contribution is 6.10. The molecule has 0 aromatic carbocycles. The number of allylic oxidation sites excluding steroid dienone is 1. The van der Waals surface area contributed by atoms with Crippen LogP contribution in [0.2, 0.25) is 0 Å². The van der Waals surface area contributed by atoms with E-state index in [4.69, 9.17) is 4.74 Å². The van der Waals surface area contributed by atoms with Crippen molar-refractivity contribution in [3.05, 3.63) is 11.6 Å². The molecule has 4 aliphatic rings. The summed E-state index contributed by atoms with van der Waals surface area (Å²) in [7, 11) is 0. The van der Waals surface area contributed by atoms with Crippen molar-refractivity contribution in [2.75, 3.05) is 0 Å². The third-order valence-electron chi connectivity index (χ3n) is 7.78. The standard InChI is InChI=1S/C20H28O5/c1-5-17(4)9-10-19(23)12(11-17)13(21)20(24)14-16(2,3)7-6-8-18(14,19)15(22)25-20/h11,14,23-24H,5-10H2,1-4H3/t14-,17-,18-,19+,20+/m0/s1. The lowest BCUT2D eigenvalue weighted by molar-refractivity contribution is -0.235. The molecular weight excluding hydrogens is 320 g/mol. The van der Waals surface area contributed by atoms with E-state index in [2.05, 4.69) is 6.92 Å². The molecule has 0 aromatic heterocycles. The molecule has 4 rings (SSSR count). The van der Waals surface area contributed by atoms with E-state index < -0.39 is 39.9 Å². The van der Waals surface area contributed by atoms with E-state index >= 15 is 0 Å². The molecule has 3 fully saturated rings. The summed E-state index contributed by atoms with van der Waals surface area (Å²) in [4.78, 5) is 26.3. The Balaban J connectivity index is 2.02. The predicted molar refractivity (Wildman–Crippen MR) is 90.3 cm³/mol. The van der Waals surface area contributed by atoms with Crippen molar-refractivity contribution in [2.45, 2.75) is 77.6 Å². The summed E-state index contributed by atoms with van der Waals surface area (Å²) >= 11 is 0. The number of aliphatic hydroxyl groups is 2. The number of rotatable bonds is 1. The van der Waals surface area contributed by atoms with E-state index in [0.29, 0.717) is 19.3 Å². The van der Waals surface area contributed by atoms with Crippen LogP contribution in [0, 0.1) is 22.2 Å². The summed E-state index contributed by atoms with van der Waals surface area (Å²) in [6, 6.07) is 0. The zero-order chi connectivity index (χ0) is 18.5. The number of esters is 1. The molecular formula is C20H28O5. The molecule has 25 heavy (non-hydrogen) atoms. The minimum Gasteiger partial charge on any atom is -0.424 e. The first-order valence-electron chi connectivity index (χ1n) is 9.43. The third kappa shape index (κ3) is 1.72. The number of hydrogen-bond acceptors (Lipinski definition) is 5. The molecule has 0 amide bonds. The molecule has 0 radical (unpaired) electrons. The van der Waals surface area contributed by atoms with Crippen LogP contribution < -0.4 is 0 Å². The normalized spacial score (nSPS) is 50.6. The van der Waals surface area contributed by atoms with Gasteiger partial charge in [0.15, 0.2) is 0 Å². The fourth-order valence-electron chi connectivity index (χ4n) is 6.27. The number of ether oxygens (including phenoxy) is 1. The highest BCUT2D eigenvalue weighted by Crippen LogP contribution is 2.71. The van der Waals surface area contributed by atoms with Crippen LogP contribution in [0.3, 0.4) is 0 Å². The Hall–Kier alpha value is -1.20. The molecule has 5 heteroatoms.